The lowest BCUT2D eigenvalue weighted by Crippen LogP contribution is -2.50. The molecule has 1 aromatic carbocycles. The Morgan fingerprint density at radius 3 is 2.62 bits per heavy atom. The summed E-state index contributed by atoms with van der Waals surface area (Å²) in [6.07, 6.45) is 10.3. The molecule has 0 atom stereocenters. The second-order valence-electron chi connectivity index (χ2n) is 7.01. The predicted octanol–water partition coefficient (Wildman–Crippen LogP) is 4.68. The van der Waals surface area contributed by atoms with E-state index in [0.717, 1.165) is 25.1 Å². The van der Waals surface area contributed by atoms with Crippen molar-refractivity contribution in [2.24, 2.45) is 0 Å². The van der Waals surface area contributed by atoms with Crippen LogP contribution in [-0.2, 0) is 6.54 Å². The van der Waals surface area contributed by atoms with E-state index in [9.17, 15) is 4.79 Å². The molecule has 2 heterocycles. The molecule has 0 amide bonds. The minimum atomic E-state index is -0.232. The first kappa shape index (κ1) is 15.3. The van der Waals surface area contributed by atoms with Crippen molar-refractivity contribution in [1.82, 2.24) is 0 Å². The fourth-order valence-corrected chi connectivity index (χ4v) is 4.16. The third-order valence-corrected chi connectivity index (χ3v) is 5.38. The van der Waals surface area contributed by atoms with Gasteiger partial charge in [0, 0.05) is 12.6 Å². The third-order valence-electron chi connectivity index (χ3n) is 5.38. The zero-order chi connectivity index (χ0) is 16.6. The molecule has 1 spiro atoms. The van der Waals surface area contributed by atoms with Crippen molar-refractivity contribution in [3.05, 3.63) is 69.8 Å². The van der Waals surface area contributed by atoms with E-state index in [2.05, 4.69) is 35.2 Å². The first-order valence-corrected chi connectivity index (χ1v) is 8.84. The lowest BCUT2D eigenvalue weighted by atomic mass is 9.77. The SMILES string of the molecule is Cc1cc2c(c(=O)o1)C=CC1(CCCCC1)N2Cc1ccccc1. The van der Waals surface area contributed by atoms with E-state index in [0.29, 0.717) is 11.3 Å². The van der Waals surface area contributed by atoms with Gasteiger partial charge in [0.25, 0.3) is 0 Å². The van der Waals surface area contributed by atoms with Crippen LogP contribution in [0.1, 0.15) is 49.0 Å². The lowest BCUT2D eigenvalue weighted by Gasteiger charge is -2.48. The molecular weight excluding hydrogens is 298 g/mol. The van der Waals surface area contributed by atoms with Gasteiger partial charge in [-0.1, -0.05) is 55.7 Å². The van der Waals surface area contributed by atoms with Gasteiger partial charge in [-0.05, 0) is 31.4 Å². The van der Waals surface area contributed by atoms with Crippen LogP contribution in [0.2, 0.25) is 0 Å². The van der Waals surface area contributed by atoms with Gasteiger partial charge < -0.3 is 9.32 Å². The molecule has 1 aromatic heterocycles. The van der Waals surface area contributed by atoms with Crippen LogP contribution >= 0.6 is 0 Å². The molecule has 4 rings (SSSR count). The number of aryl methyl sites for hydroxylation is 1. The molecule has 0 radical (unpaired) electrons. The molecule has 0 unspecified atom stereocenters. The van der Waals surface area contributed by atoms with E-state index in [-0.39, 0.29) is 11.2 Å². The maximum atomic E-state index is 12.3. The predicted molar refractivity (Wildman–Crippen MR) is 97.2 cm³/mol. The number of anilines is 1. The molecule has 2 aliphatic rings. The van der Waals surface area contributed by atoms with Crippen molar-refractivity contribution in [2.45, 2.75) is 51.1 Å². The van der Waals surface area contributed by atoms with Crippen LogP contribution < -0.4 is 10.5 Å². The molecule has 2 aromatic rings. The van der Waals surface area contributed by atoms with Gasteiger partial charge in [0.05, 0.1) is 16.8 Å². The van der Waals surface area contributed by atoms with Crippen molar-refractivity contribution in [3.8, 4) is 0 Å². The van der Waals surface area contributed by atoms with Crippen molar-refractivity contribution in [1.29, 1.82) is 0 Å². The summed E-state index contributed by atoms with van der Waals surface area (Å²) in [6, 6.07) is 12.5. The summed E-state index contributed by atoms with van der Waals surface area (Å²) in [6.45, 7) is 2.68. The second kappa shape index (κ2) is 5.97. The van der Waals surface area contributed by atoms with E-state index in [1.54, 1.807) is 0 Å². The molecule has 0 bridgehead atoms. The highest BCUT2D eigenvalue weighted by Crippen LogP contribution is 2.43. The second-order valence-corrected chi connectivity index (χ2v) is 7.01. The summed E-state index contributed by atoms with van der Waals surface area (Å²) < 4.78 is 5.32. The maximum absolute atomic E-state index is 12.3. The number of nitrogens with zero attached hydrogens (tertiary/aromatic N) is 1. The number of hydrogen-bond donors (Lipinski definition) is 0. The first-order valence-electron chi connectivity index (χ1n) is 8.84. The Balaban J connectivity index is 1.83. The number of rotatable bonds is 2. The lowest BCUT2D eigenvalue weighted by molar-refractivity contribution is 0.328. The minimum absolute atomic E-state index is 0.0291. The maximum Gasteiger partial charge on any atom is 0.345 e. The van der Waals surface area contributed by atoms with E-state index < -0.39 is 0 Å². The summed E-state index contributed by atoms with van der Waals surface area (Å²) in [7, 11) is 0. The fraction of sp³-hybridized carbons (Fsp3) is 0.381. The zero-order valence-electron chi connectivity index (χ0n) is 14.1. The fourth-order valence-electron chi connectivity index (χ4n) is 4.16. The number of benzene rings is 1. The smallest absolute Gasteiger partial charge is 0.345 e. The zero-order valence-corrected chi connectivity index (χ0v) is 14.1. The largest absolute Gasteiger partial charge is 0.428 e. The minimum Gasteiger partial charge on any atom is -0.428 e. The Morgan fingerprint density at radius 1 is 1.12 bits per heavy atom. The van der Waals surface area contributed by atoms with E-state index in [1.807, 2.05) is 25.1 Å². The summed E-state index contributed by atoms with van der Waals surface area (Å²) in [5.74, 6) is 0.679. The van der Waals surface area contributed by atoms with Crippen molar-refractivity contribution < 1.29 is 4.42 Å². The van der Waals surface area contributed by atoms with Gasteiger partial charge >= 0.3 is 5.63 Å². The molecule has 1 saturated carbocycles. The van der Waals surface area contributed by atoms with Crippen LogP contribution in [0.25, 0.3) is 6.08 Å². The first-order chi connectivity index (χ1) is 11.7. The molecule has 3 heteroatoms. The molecule has 124 valence electrons. The molecule has 24 heavy (non-hydrogen) atoms. The van der Waals surface area contributed by atoms with E-state index in [1.165, 1.54) is 24.8 Å². The number of fused-ring (bicyclic) bond motifs is 1. The van der Waals surface area contributed by atoms with Gasteiger partial charge in [-0.25, -0.2) is 4.79 Å². The normalized spacial score (nSPS) is 18.6. The van der Waals surface area contributed by atoms with Crippen molar-refractivity contribution in [3.63, 3.8) is 0 Å². The monoisotopic (exact) mass is 321 g/mol. The molecular formula is C21H23NO2. The van der Waals surface area contributed by atoms with Crippen molar-refractivity contribution >= 4 is 11.8 Å². The molecule has 0 N–H and O–H groups in total. The van der Waals surface area contributed by atoms with Gasteiger partial charge in [-0.2, -0.15) is 0 Å². The number of hydrogen-bond acceptors (Lipinski definition) is 3. The van der Waals surface area contributed by atoms with Gasteiger partial charge in [0.2, 0.25) is 0 Å². The van der Waals surface area contributed by atoms with E-state index in [4.69, 9.17) is 4.42 Å². The molecule has 0 saturated heterocycles. The third kappa shape index (κ3) is 2.58. The Kier molecular flexibility index (Phi) is 3.79. The van der Waals surface area contributed by atoms with Gasteiger partial charge in [0.1, 0.15) is 5.76 Å². The molecule has 1 fully saturated rings. The average Bonchev–Trinajstić information content (AvgIpc) is 2.59. The van der Waals surface area contributed by atoms with Gasteiger partial charge in [-0.3, -0.25) is 0 Å². The van der Waals surface area contributed by atoms with Crippen LogP contribution in [-0.4, -0.2) is 5.54 Å². The van der Waals surface area contributed by atoms with Crippen LogP contribution in [0.15, 0.2) is 51.7 Å². The summed E-state index contributed by atoms with van der Waals surface area (Å²) in [5.41, 5.74) is 2.78. The standard InChI is InChI=1S/C21H23NO2/c1-16-14-19-18(20(23)24-16)10-13-21(11-6-3-7-12-21)22(19)15-17-8-4-2-5-9-17/h2,4-5,8-10,13-14H,3,6-7,11-12,15H2,1H3. The molecule has 3 nitrogen and oxygen atoms in total. The summed E-state index contributed by atoms with van der Waals surface area (Å²) in [5, 5.41) is 0. The topological polar surface area (TPSA) is 33.5 Å². The Morgan fingerprint density at radius 2 is 1.88 bits per heavy atom. The summed E-state index contributed by atoms with van der Waals surface area (Å²) >= 11 is 0. The van der Waals surface area contributed by atoms with Crippen LogP contribution in [0.4, 0.5) is 5.69 Å². The molecule has 1 aliphatic heterocycles. The molecule has 1 aliphatic carbocycles. The quantitative estimate of drug-likeness (QED) is 0.805. The summed E-state index contributed by atoms with van der Waals surface area (Å²) in [4.78, 5) is 14.8. The van der Waals surface area contributed by atoms with Gasteiger partial charge in [0.15, 0.2) is 0 Å². The Labute approximate surface area is 142 Å². The van der Waals surface area contributed by atoms with Crippen LogP contribution in [0.3, 0.4) is 0 Å². The average molecular weight is 321 g/mol. The van der Waals surface area contributed by atoms with Gasteiger partial charge in [-0.15, -0.1) is 0 Å². The van der Waals surface area contributed by atoms with Crippen molar-refractivity contribution in [2.75, 3.05) is 4.90 Å². The highest BCUT2D eigenvalue weighted by molar-refractivity contribution is 5.73. The van der Waals surface area contributed by atoms with Crippen LogP contribution in [0.5, 0.6) is 0 Å². The highest BCUT2D eigenvalue weighted by Gasteiger charge is 2.39. The van der Waals surface area contributed by atoms with Crippen LogP contribution in [0, 0.1) is 6.92 Å². The Hall–Kier alpha value is -2.29. The Bertz CT molecular complexity index is 813. The van der Waals surface area contributed by atoms with E-state index >= 15 is 0 Å². The highest BCUT2D eigenvalue weighted by atomic mass is 16.4.